The van der Waals surface area contributed by atoms with Crippen LogP contribution < -0.4 is 16.6 Å². The van der Waals surface area contributed by atoms with Crippen LogP contribution >= 0.6 is 11.3 Å². The monoisotopic (exact) mass is 302 g/mol. The Morgan fingerprint density at radius 2 is 2.19 bits per heavy atom. The molecule has 0 fully saturated rings. The Balaban J connectivity index is 2.20. The second kappa shape index (κ2) is 5.81. The van der Waals surface area contributed by atoms with E-state index in [1.807, 2.05) is 13.8 Å². The zero-order valence-corrected chi connectivity index (χ0v) is 12.5. The molecule has 0 saturated carbocycles. The minimum atomic E-state index is -0.375. The number of carbonyl (C=O) groups is 1. The molecule has 2 aromatic rings. The van der Waals surface area contributed by atoms with Crippen molar-refractivity contribution in [3.63, 3.8) is 0 Å². The fourth-order valence-corrected chi connectivity index (χ4v) is 2.87. The smallest absolute Gasteiger partial charge is 0.251 e. The molecule has 0 aliphatic heterocycles. The van der Waals surface area contributed by atoms with Crippen LogP contribution in [0.4, 0.5) is 10.7 Å². The molecular formula is C14H14N4O2S. The van der Waals surface area contributed by atoms with Gasteiger partial charge < -0.3 is 15.6 Å². The fraction of sp³-hybridized carbons (Fsp3) is 0.214. The Morgan fingerprint density at radius 3 is 2.86 bits per heavy atom. The van der Waals surface area contributed by atoms with Crippen LogP contribution in [0.3, 0.4) is 0 Å². The van der Waals surface area contributed by atoms with Crippen molar-refractivity contribution in [2.45, 2.75) is 20.4 Å². The maximum Gasteiger partial charge on any atom is 0.251 e. The first-order valence-corrected chi connectivity index (χ1v) is 7.00. The van der Waals surface area contributed by atoms with Crippen molar-refractivity contribution in [3.05, 3.63) is 44.7 Å². The molecule has 0 bridgehead atoms. The summed E-state index contributed by atoms with van der Waals surface area (Å²) in [5.74, 6) is -0.375. The molecule has 0 atom stereocenters. The summed E-state index contributed by atoms with van der Waals surface area (Å²) >= 11 is 1.35. The molecule has 21 heavy (non-hydrogen) atoms. The largest absolute Gasteiger partial charge is 0.398 e. The van der Waals surface area contributed by atoms with Crippen molar-refractivity contribution < 1.29 is 4.79 Å². The first-order chi connectivity index (χ1) is 9.92. The van der Waals surface area contributed by atoms with E-state index >= 15 is 0 Å². The van der Waals surface area contributed by atoms with E-state index in [0.29, 0.717) is 16.3 Å². The molecule has 0 aliphatic rings. The molecule has 2 rings (SSSR count). The zero-order valence-electron chi connectivity index (χ0n) is 11.6. The predicted molar refractivity (Wildman–Crippen MR) is 82.3 cm³/mol. The van der Waals surface area contributed by atoms with Crippen LogP contribution in [0.2, 0.25) is 0 Å². The lowest BCUT2D eigenvalue weighted by Crippen LogP contribution is -2.26. The number of nitriles is 1. The Morgan fingerprint density at radius 1 is 1.48 bits per heavy atom. The Hall–Kier alpha value is -2.59. The van der Waals surface area contributed by atoms with Crippen LogP contribution in [0.25, 0.3) is 0 Å². The van der Waals surface area contributed by atoms with Crippen LogP contribution in [-0.2, 0) is 11.3 Å². The molecular weight excluding hydrogens is 288 g/mol. The van der Waals surface area contributed by atoms with Gasteiger partial charge in [0.15, 0.2) is 0 Å². The molecule has 2 aromatic heterocycles. The molecule has 0 radical (unpaired) electrons. The van der Waals surface area contributed by atoms with Gasteiger partial charge in [-0.25, -0.2) is 0 Å². The van der Waals surface area contributed by atoms with E-state index in [2.05, 4.69) is 11.4 Å². The number of thiophene rings is 1. The first kappa shape index (κ1) is 14.8. The molecule has 6 nitrogen and oxygen atoms in total. The highest BCUT2D eigenvalue weighted by Gasteiger charge is 2.15. The second-order valence-corrected chi connectivity index (χ2v) is 5.80. The zero-order chi connectivity index (χ0) is 15.6. The number of pyridine rings is 1. The molecule has 3 N–H and O–H groups in total. The van der Waals surface area contributed by atoms with Crippen molar-refractivity contribution in [3.8, 4) is 6.07 Å². The van der Waals surface area contributed by atoms with E-state index in [-0.39, 0.29) is 18.0 Å². The molecule has 1 amide bonds. The summed E-state index contributed by atoms with van der Waals surface area (Å²) in [6.07, 6.45) is 1.41. The number of amides is 1. The fourth-order valence-electron chi connectivity index (χ4n) is 1.84. The third-order valence-corrected chi connectivity index (χ3v) is 4.19. The van der Waals surface area contributed by atoms with Crippen LogP contribution in [0.1, 0.15) is 16.0 Å². The molecule has 0 aliphatic carbocycles. The number of hydrogen-bond donors (Lipinski definition) is 2. The topological polar surface area (TPSA) is 101 Å². The van der Waals surface area contributed by atoms with Gasteiger partial charge in [0.1, 0.15) is 17.6 Å². The molecule has 2 heterocycles. The number of anilines is 2. The molecule has 0 aromatic carbocycles. The highest BCUT2D eigenvalue weighted by atomic mass is 32.1. The minimum Gasteiger partial charge on any atom is -0.398 e. The number of aromatic nitrogens is 1. The molecule has 0 unspecified atom stereocenters. The standard InChI is InChI=1S/C14H14N4O2S/c1-8-9(2)21-14(11(8)5-15)17-12(19)7-18-6-10(16)3-4-13(18)20/h3-4,6H,7,16H2,1-2H3,(H,17,19). The number of rotatable bonds is 3. The summed E-state index contributed by atoms with van der Waals surface area (Å²) in [5, 5.41) is 12.3. The van der Waals surface area contributed by atoms with Crippen molar-refractivity contribution in [1.29, 1.82) is 5.26 Å². The van der Waals surface area contributed by atoms with Crippen LogP contribution in [0.15, 0.2) is 23.1 Å². The van der Waals surface area contributed by atoms with Crippen molar-refractivity contribution >= 4 is 27.9 Å². The average Bonchev–Trinajstić information content (AvgIpc) is 2.68. The summed E-state index contributed by atoms with van der Waals surface area (Å²) in [5.41, 5.74) is 7.01. The highest BCUT2D eigenvalue weighted by molar-refractivity contribution is 7.16. The maximum absolute atomic E-state index is 12.0. The number of nitrogens with two attached hydrogens (primary N) is 1. The summed E-state index contributed by atoms with van der Waals surface area (Å²) in [6.45, 7) is 3.58. The van der Waals surface area contributed by atoms with Gasteiger partial charge in [-0.1, -0.05) is 0 Å². The van der Waals surface area contributed by atoms with Crippen molar-refractivity contribution in [1.82, 2.24) is 4.57 Å². The van der Waals surface area contributed by atoms with E-state index in [9.17, 15) is 9.59 Å². The molecule has 0 saturated heterocycles. The number of nitrogens with one attached hydrogen (secondary N) is 1. The van der Waals surface area contributed by atoms with Gasteiger partial charge in [-0.05, 0) is 25.5 Å². The van der Waals surface area contributed by atoms with Gasteiger partial charge in [0.05, 0.1) is 5.56 Å². The lowest BCUT2D eigenvalue weighted by molar-refractivity contribution is -0.116. The summed E-state index contributed by atoms with van der Waals surface area (Å²) in [6, 6.07) is 4.87. The lowest BCUT2D eigenvalue weighted by atomic mass is 10.2. The second-order valence-electron chi connectivity index (χ2n) is 4.58. The van der Waals surface area contributed by atoms with E-state index in [4.69, 9.17) is 11.0 Å². The average molecular weight is 302 g/mol. The number of hydrogen-bond acceptors (Lipinski definition) is 5. The molecule has 0 spiro atoms. The quantitative estimate of drug-likeness (QED) is 0.899. The first-order valence-electron chi connectivity index (χ1n) is 6.18. The van der Waals surface area contributed by atoms with Crippen LogP contribution in [0.5, 0.6) is 0 Å². The van der Waals surface area contributed by atoms with E-state index < -0.39 is 0 Å². The third-order valence-electron chi connectivity index (χ3n) is 3.07. The number of nitrogens with zero attached hydrogens (tertiary/aromatic N) is 2. The third kappa shape index (κ3) is 3.12. The van der Waals surface area contributed by atoms with Gasteiger partial charge in [-0.2, -0.15) is 5.26 Å². The van der Waals surface area contributed by atoms with Gasteiger partial charge in [0, 0.05) is 22.8 Å². The Labute approximate surface area is 125 Å². The lowest BCUT2D eigenvalue weighted by Gasteiger charge is -2.07. The van der Waals surface area contributed by atoms with Gasteiger partial charge >= 0.3 is 0 Å². The Kier molecular flexibility index (Phi) is 4.10. The van der Waals surface area contributed by atoms with Crippen LogP contribution in [0, 0.1) is 25.2 Å². The number of aryl methyl sites for hydroxylation is 1. The van der Waals surface area contributed by atoms with Gasteiger partial charge in [-0.3, -0.25) is 9.59 Å². The van der Waals surface area contributed by atoms with E-state index in [1.54, 1.807) is 0 Å². The molecule has 7 heteroatoms. The Bertz CT molecular complexity index is 798. The number of carbonyl (C=O) groups excluding carboxylic acids is 1. The van der Waals surface area contributed by atoms with E-state index in [1.165, 1.54) is 34.2 Å². The van der Waals surface area contributed by atoms with Gasteiger partial charge in [0.25, 0.3) is 5.56 Å². The van der Waals surface area contributed by atoms with E-state index in [0.717, 1.165) is 10.4 Å². The maximum atomic E-state index is 12.0. The molecule has 108 valence electrons. The highest BCUT2D eigenvalue weighted by Crippen LogP contribution is 2.31. The summed E-state index contributed by atoms with van der Waals surface area (Å²) in [7, 11) is 0. The summed E-state index contributed by atoms with van der Waals surface area (Å²) in [4.78, 5) is 24.6. The predicted octanol–water partition coefficient (Wildman–Crippen LogP) is 1.62. The van der Waals surface area contributed by atoms with Crippen molar-refractivity contribution in [2.75, 3.05) is 11.1 Å². The summed E-state index contributed by atoms with van der Waals surface area (Å²) < 4.78 is 1.23. The van der Waals surface area contributed by atoms with Gasteiger partial charge in [-0.15, -0.1) is 11.3 Å². The van der Waals surface area contributed by atoms with Crippen molar-refractivity contribution in [2.24, 2.45) is 0 Å². The SMILES string of the molecule is Cc1sc(NC(=O)Cn2cc(N)ccc2=O)c(C#N)c1C. The van der Waals surface area contributed by atoms with Gasteiger partial charge in [0.2, 0.25) is 5.91 Å². The minimum absolute atomic E-state index is 0.148. The normalized spacial score (nSPS) is 10.1. The van der Waals surface area contributed by atoms with Crippen LogP contribution in [-0.4, -0.2) is 10.5 Å². The number of nitrogen functional groups attached to an aromatic ring is 1.